The molecule has 3 heterocycles. The van der Waals surface area contributed by atoms with Gasteiger partial charge in [0.2, 0.25) is 5.95 Å². The molecule has 0 saturated carbocycles. The molecule has 4 rings (SSSR count). The number of fused-ring (bicyclic) bond motifs is 1. The number of hydrogen-bond donors (Lipinski definition) is 2. The van der Waals surface area contributed by atoms with Crippen molar-refractivity contribution < 1.29 is 0 Å². The number of nitrogens with two attached hydrogens (primary N) is 1. The fourth-order valence-corrected chi connectivity index (χ4v) is 3.50. The van der Waals surface area contributed by atoms with Crippen molar-refractivity contribution >= 4 is 32.9 Å². The van der Waals surface area contributed by atoms with Gasteiger partial charge in [0.15, 0.2) is 0 Å². The van der Waals surface area contributed by atoms with E-state index in [0.29, 0.717) is 19.0 Å². The molecule has 6 nitrogen and oxygen atoms in total. The molecule has 1 aromatic carbocycles. The molecule has 0 radical (unpaired) electrons. The van der Waals surface area contributed by atoms with Crippen LogP contribution < -0.4 is 11.1 Å². The average molecular weight is 423 g/mol. The molecule has 0 aliphatic carbocycles. The highest BCUT2D eigenvalue weighted by atomic mass is 79.9. The molecule has 3 aromatic heterocycles. The lowest BCUT2D eigenvalue weighted by Gasteiger charge is -2.08. The lowest BCUT2D eigenvalue weighted by Crippen LogP contribution is -2.09. The number of anilines is 1. The van der Waals surface area contributed by atoms with Crippen LogP contribution in [0.15, 0.2) is 65.5 Å². The van der Waals surface area contributed by atoms with E-state index in [9.17, 15) is 0 Å². The van der Waals surface area contributed by atoms with E-state index in [2.05, 4.69) is 54.0 Å². The minimum absolute atomic E-state index is 0.576. The van der Waals surface area contributed by atoms with Crippen molar-refractivity contribution in [2.75, 3.05) is 11.9 Å². The summed E-state index contributed by atoms with van der Waals surface area (Å²) in [7, 11) is 0. The Labute approximate surface area is 165 Å². The van der Waals surface area contributed by atoms with Gasteiger partial charge in [-0.25, -0.2) is 15.0 Å². The van der Waals surface area contributed by atoms with E-state index in [4.69, 9.17) is 10.7 Å². The van der Waals surface area contributed by atoms with Gasteiger partial charge in [-0.3, -0.25) is 0 Å². The number of pyridine rings is 1. The third kappa shape index (κ3) is 3.84. The predicted molar refractivity (Wildman–Crippen MR) is 111 cm³/mol. The summed E-state index contributed by atoms with van der Waals surface area (Å²) in [4.78, 5) is 13.5. The Morgan fingerprint density at radius 3 is 2.81 bits per heavy atom. The minimum atomic E-state index is 0.576. The molecule has 0 fully saturated rings. The maximum atomic E-state index is 5.69. The summed E-state index contributed by atoms with van der Waals surface area (Å²) in [6, 6.07) is 14.1. The van der Waals surface area contributed by atoms with Crippen LogP contribution in [0.5, 0.6) is 0 Å². The Morgan fingerprint density at radius 1 is 1.07 bits per heavy atom. The second kappa shape index (κ2) is 7.85. The molecule has 0 bridgehead atoms. The molecular weight excluding hydrogens is 404 g/mol. The summed E-state index contributed by atoms with van der Waals surface area (Å²) < 4.78 is 3.12. The van der Waals surface area contributed by atoms with Crippen LogP contribution in [0.3, 0.4) is 0 Å². The molecular formula is C20H19BrN6. The zero-order chi connectivity index (χ0) is 18.6. The van der Waals surface area contributed by atoms with Crippen molar-refractivity contribution in [1.82, 2.24) is 19.5 Å². The SMILES string of the molecule is NCCn1ccc2c(-c3ccnc(NCc4cccc(Br)c4)n3)ccnc21. The van der Waals surface area contributed by atoms with Gasteiger partial charge in [0.1, 0.15) is 5.65 Å². The van der Waals surface area contributed by atoms with Gasteiger partial charge in [0, 0.05) is 53.6 Å². The summed E-state index contributed by atoms with van der Waals surface area (Å²) >= 11 is 3.49. The monoisotopic (exact) mass is 422 g/mol. The zero-order valence-electron chi connectivity index (χ0n) is 14.6. The third-order valence-corrected chi connectivity index (χ3v) is 4.80. The van der Waals surface area contributed by atoms with Gasteiger partial charge >= 0.3 is 0 Å². The number of halogens is 1. The van der Waals surface area contributed by atoms with Crippen LogP contribution in [-0.4, -0.2) is 26.1 Å². The first-order valence-corrected chi connectivity index (χ1v) is 9.49. The molecule has 7 heteroatoms. The first kappa shape index (κ1) is 17.6. The second-order valence-corrected chi connectivity index (χ2v) is 7.06. The van der Waals surface area contributed by atoms with Gasteiger partial charge < -0.3 is 15.6 Å². The largest absolute Gasteiger partial charge is 0.350 e. The van der Waals surface area contributed by atoms with Crippen molar-refractivity contribution in [3.63, 3.8) is 0 Å². The predicted octanol–water partition coefficient (Wildman–Crippen LogP) is 3.83. The van der Waals surface area contributed by atoms with Crippen LogP contribution in [0.2, 0.25) is 0 Å². The molecule has 0 aliphatic rings. The summed E-state index contributed by atoms with van der Waals surface area (Å²) in [5.74, 6) is 0.596. The van der Waals surface area contributed by atoms with E-state index in [1.807, 2.05) is 30.5 Å². The smallest absolute Gasteiger partial charge is 0.223 e. The zero-order valence-corrected chi connectivity index (χ0v) is 16.2. The molecule has 136 valence electrons. The maximum absolute atomic E-state index is 5.69. The van der Waals surface area contributed by atoms with Crippen LogP contribution in [0.25, 0.3) is 22.3 Å². The number of benzene rings is 1. The summed E-state index contributed by atoms with van der Waals surface area (Å²) in [6.07, 6.45) is 5.59. The number of rotatable bonds is 6. The van der Waals surface area contributed by atoms with E-state index in [1.54, 1.807) is 12.4 Å². The van der Waals surface area contributed by atoms with E-state index < -0.39 is 0 Å². The molecule has 0 saturated heterocycles. The van der Waals surface area contributed by atoms with Crippen LogP contribution in [0, 0.1) is 0 Å². The van der Waals surface area contributed by atoms with Crippen LogP contribution in [0.1, 0.15) is 5.56 Å². The summed E-state index contributed by atoms with van der Waals surface area (Å²) in [6.45, 7) is 1.97. The average Bonchev–Trinajstić information content (AvgIpc) is 3.10. The van der Waals surface area contributed by atoms with Gasteiger partial charge in [-0.1, -0.05) is 28.1 Å². The van der Waals surface area contributed by atoms with E-state index in [-0.39, 0.29) is 0 Å². The Bertz CT molecular complexity index is 1070. The lowest BCUT2D eigenvalue weighted by molar-refractivity contribution is 0.728. The highest BCUT2D eigenvalue weighted by Gasteiger charge is 2.10. The van der Waals surface area contributed by atoms with Crippen molar-refractivity contribution in [1.29, 1.82) is 0 Å². The molecule has 4 aromatic rings. The number of nitrogens with one attached hydrogen (secondary N) is 1. The van der Waals surface area contributed by atoms with Gasteiger partial charge in [0.25, 0.3) is 0 Å². The van der Waals surface area contributed by atoms with E-state index in [1.165, 1.54) is 0 Å². The van der Waals surface area contributed by atoms with Crippen LogP contribution in [-0.2, 0) is 13.1 Å². The van der Waals surface area contributed by atoms with Crippen molar-refractivity contribution in [3.05, 3.63) is 71.1 Å². The molecule has 0 atom stereocenters. The molecule has 27 heavy (non-hydrogen) atoms. The quantitative estimate of drug-likeness (QED) is 0.493. The summed E-state index contributed by atoms with van der Waals surface area (Å²) in [5, 5.41) is 4.35. The second-order valence-electron chi connectivity index (χ2n) is 6.14. The van der Waals surface area contributed by atoms with Crippen molar-refractivity contribution in [2.45, 2.75) is 13.1 Å². The minimum Gasteiger partial charge on any atom is -0.350 e. The fourth-order valence-electron chi connectivity index (χ4n) is 3.06. The standard InChI is InChI=1S/C20H19BrN6/c21-15-3-1-2-14(12-15)13-25-20-24-9-5-18(26-20)16-4-8-23-19-17(16)6-10-27(19)11-7-22/h1-6,8-10,12H,7,11,13,22H2,(H,24,25,26). The molecule has 0 aliphatic heterocycles. The highest BCUT2D eigenvalue weighted by Crippen LogP contribution is 2.27. The summed E-state index contributed by atoms with van der Waals surface area (Å²) in [5.41, 5.74) is 9.65. The number of aromatic nitrogens is 4. The number of nitrogens with zero attached hydrogens (tertiary/aromatic N) is 4. The third-order valence-electron chi connectivity index (χ3n) is 4.30. The van der Waals surface area contributed by atoms with Crippen molar-refractivity contribution in [2.24, 2.45) is 5.73 Å². The van der Waals surface area contributed by atoms with E-state index >= 15 is 0 Å². The maximum Gasteiger partial charge on any atom is 0.223 e. The van der Waals surface area contributed by atoms with Gasteiger partial charge in [-0.05, 0) is 35.9 Å². The van der Waals surface area contributed by atoms with Crippen LogP contribution in [0.4, 0.5) is 5.95 Å². The lowest BCUT2D eigenvalue weighted by atomic mass is 10.1. The number of hydrogen-bond acceptors (Lipinski definition) is 5. The first-order chi connectivity index (χ1) is 13.2. The molecule has 3 N–H and O–H groups in total. The highest BCUT2D eigenvalue weighted by molar-refractivity contribution is 9.10. The van der Waals surface area contributed by atoms with Crippen LogP contribution >= 0.6 is 15.9 Å². The topological polar surface area (TPSA) is 81.7 Å². The molecule has 0 amide bonds. The Balaban J connectivity index is 1.62. The van der Waals surface area contributed by atoms with Gasteiger partial charge in [0.05, 0.1) is 5.69 Å². The van der Waals surface area contributed by atoms with E-state index in [0.717, 1.165) is 38.9 Å². The normalized spacial score (nSPS) is 11.0. The van der Waals surface area contributed by atoms with Gasteiger partial charge in [-0.15, -0.1) is 0 Å². The Hall–Kier alpha value is -2.77. The first-order valence-electron chi connectivity index (χ1n) is 8.70. The van der Waals surface area contributed by atoms with Gasteiger partial charge in [-0.2, -0.15) is 0 Å². The molecule has 0 unspecified atom stereocenters. The Morgan fingerprint density at radius 2 is 1.96 bits per heavy atom. The Kier molecular flexibility index (Phi) is 5.13. The molecule has 0 spiro atoms. The fraction of sp³-hybridized carbons (Fsp3) is 0.150. The van der Waals surface area contributed by atoms with Crippen molar-refractivity contribution in [3.8, 4) is 11.3 Å².